The van der Waals surface area contributed by atoms with Gasteiger partial charge >= 0.3 is 0 Å². The van der Waals surface area contributed by atoms with Gasteiger partial charge in [-0.1, -0.05) is 12.1 Å². The molecular weight excluding hydrogens is 522 g/mol. The van der Waals surface area contributed by atoms with Gasteiger partial charge in [0.2, 0.25) is 5.95 Å². The number of nitrogens with one attached hydrogen (secondary N) is 2. The van der Waals surface area contributed by atoms with E-state index in [-0.39, 0.29) is 24.0 Å². The molecule has 2 N–H and O–H groups in total. The van der Waals surface area contributed by atoms with Crippen molar-refractivity contribution in [1.82, 2.24) is 29.7 Å². The highest BCUT2D eigenvalue weighted by molar-refractivity contribution is 5.96. The van der Waals surface area contributed by atoms with Crippen molar-refractivity contribution < 1.29 is 23.0 Å². The molecule has 0 bridgehead atoms. The van der Waals surface area contributed by atoms with Crippen LogP contribution in [-0.4, -0.2) is 89.1 Å². The summed E-state index contributed by atoms with van der Waals surface area (Å²) in [7, 11) is 1.59. The van der Waals surface area contributed by atoms with E-state index < -0.39 is 6.43 Å². The Morgan fingerprint density at radius 2 is 2.00 bits per heavy atom. The molecule has 0 spiro atoms. The lowest BCUT2D eigenvalue weighted by Crippen LogP contribution is -2.38. The lowest BCUT2D eigenvalue weighted by atomic mass is 10.2. The van der Waals surface area contributed by atoms with Crippen LogP contribution in [0.5, 0.6) is 0 Å². The predicted molar refractivity (Wildman–Crippen MR) is 144 cm³/mol. The molecule has 40 heavy (non-hydrogen) atoms. The van der Waals surface area contributed by atoms with E-state index in [1.54, 1.807) is 60.7 Å². The van der Waals surface area contributed by atoms with Gasteiger partial charge in [-0.3, -0.25) is 9.36 Å². The second kappa shape index (κ2) is 11.2. The Morgan fingerprint density at radius 1 is 1.18 bits per heavy atom. The molecule has 0 saturated carbocycles. The van der Waals surface area contributed by atoms with Gasteiger partial charge < -0.3 is 29.9 Å². The molecule has 3 aliphatic heterocycles. The maximum absolute atomic E-state index is 14.1. The SMILES string of the molecule is COC1C=CC(C(=O)N2CC[C@H](Nc3cc(-n4c(C(F)F)nc5ccccc54)nc(N4CCOCC4)n3)C2)=CN1. The van der Waals surface area contributed by atoms with E-state index in [2.05, 4.69) is 15.6 Å². The zero-order valence-electron chi connectivity index (χ0n) is 22.0. The maximum atomic E-state index is 14.1. The van der Waals surface area contributed by atoms with Crippen molar-refractivity contribution in [2.45, 2.75) is 25.1 Å². The number of carbonyl (C=O) groups excluding carboxylic acids is 1. The molecule has 13 heteroatoms. The number of carbonyl (C=O) groups is 1. The third-order valence-corrected chi connectivity index (χ3v) is 7.19. The highest BCUT2D eigenvalue weighted by Gasteiger charge is 2.29. The van der Waals surface area contributed by atoms with Crippen LogP contribution in [0.3, 0.4) is 0 Å². The number of nitrogens with zero attached hydrogens (tertiary/aromatic N) is 6. The summed E-state index contributed by atoms with van der Waals surface area (Å²) in [6.45, 7) is 3.27. The predicted octanol–water partition coefficient (Wildman–Crippen LogP) is 2.62. The summed E-state index contributed by atoms with van der Waals surface area (Å²) in [6.07, 6.45) is 2.88. The molecule has 0 aliphatic carbocycles. The summed E-state index contributed by atoms with van der Waals surface area (Å²) in [6, 6.07) is 8.58. The highest BCUT2D eigenvalue weighted by atomic mass is 19.3. The number of benzene rings is 1. The van der Waals surface area contributed by atoms with Crippen LogP contribution < -0.4 is 15.5 Å². The number of alkyl halides is 2. The highest BCUT2D eigenvalue weighted by Crippen LogP contribution is 2.29. The number of para-hydroxylation sites is 2. The number of halogens is 2. The first-order chi connectivity index (χ1) is 19.5. The molecule has 0 radical (unpaired) electrons. The number of dihydropyridines is 1. The van der Waals surface area contributed by atoms with E-state index in [9.17, 15) is 13.6 Å². The lowest BCUT2D eigenvalue weighted by molar-refractivity contribution is -0.125. The van der Waals surface area contributed by atoms with Crippen LogP contribution in [0, 0.1) is 0 Å². The number of rotatable bonds is 7. The molecule has 6 rings (SSSR count). The number of hydrogen-bond acceptors (Lipinski definition) is 9. The number of fused-ring (bicyclic) bond motifs is 1. The molecule has 2 atom stereocenters. The Morgan fingerprint density at radius 3 is 2.75 bits per heavy atom. The van der Waals surface area contributed by atoms with Crippen molar-refractivity contribution in [3.8, 4) is 5.82 Å². The van der Waals surface area contributed by atoms with Gasteiger partial charge in [0.05, 0.1) is 29.8 Å². The van der Waals surface area contributed by atoms with E-state index in [4.69, 9.17) is 19.4 Å². The van der Waals surface area contributed by atoms with Gasteiger partial charge in [0.15, 0.2) is 5.82 Å². The largest absolute Gasteiger partial charge is 0.378 e. The number of anilines is 2. The monoisotopic (exact) mass is 552 g/mol. The van der Waals surface area contributed by atoms with Crippen molar-refractivity contribution >= 4 is 28.7 Å². The Kier molecular flexibility index (Phi) is 7.30. The van der Waals surface area contributed by atoms with Crippen LogP contribution in [0.15, 0.2) is 54.3 Å². The Labute approximate surface area is 229 Å². The van der Waals surface area contributed by atoms with E-state index in [0.717, 1.165) is 0 Å². The summed E-state index contributed by atoms with van der Waals surface area (Å²) in [4.78, 5) is 30.4. The lowest BCUT2D eigenvalue weighted by Gasteiger charge is -2.28. The van der Waals surface area contributed by atoms with Crippen LogP contribution >= 0.6 is 0 Å². The second-order valence-corrected chi connectivity index (χ2v) is 9.77. The van der Waals surface area contributed by atoms with E-state index in [0.29, 0.717) is 80.0 Å². The minimum Gasteiger partial charge on any atom is -0.378 e. The number of hydrogen-bond donors (Lipinski definition) is 2. The Hall–Kier alpha value is -4.10. The molecule has 2 aromatic heterocycles. The zero-order valence-corrected chi connectivity index (χ0v) is 22.0. The molecule has 3 aliphatic rings. The standard InChI is InChI=1S/C27H30F2N8O3/c1-39-23-7-6-17(15-30-23)26(38)36-9-8-18(16-36)31-21-14-22(34-27(33-21)35-10-12-40-13-11-35)37-20-5-3-2-4-19(20)32-25(37)24(28)29/h2-7,14-15,18,23-24,30H,8-13,16H2,1H3,(H,31,33,34)/t18-,23?/m0/s1. The van der Waals surface area contributed by atoms with Gasteiger partial charge in [0, 0.05) is 51.6 Å². The van der Waals surface area contributed by atoms with Gasteiger partial charge in [-0.05, 0) is 30.7 Å². The number of ether oxygens (including phenoxy) is 2. The van der Waals surface area contributed by atoms with E-state index >= 15 is 0 Å². The number of amides is 1. The van der Waals surface area contributed by atoms with Crippen LogP contribution in [0.1, 0.15) is 18.7 Å². The first-order valence-corrected chi connectivity index (χ1v) is 13.2. The van der Waals surface area contributed by atoms with Gasteiger partial charge in [0.25, 0.3) is 12.3 Å². The molecule has 1 aromatic carbocycles. The van der Waals surface area contributed by atoms with E-state index in [1.807, 2.05) is 4.90 Å². The smallest absolute Gasteiger partial charge is 0.296 e. The van der Waals surface area contributed by atoms with Crippen molar-refractivity contribution in [2.75, 3.05) is 56.7 Å². The van der Waals surface area contributed by atoms with Gasteiger partial charge in [-0.2, -0.15) is 9.97 Å². The third-order valence-electron chi connectivity index (χ3n) is 7.19. The normalized spacial score (nSPS) is 21.1. The zero-order chi connectivity index (χ0) is 27.6. The summed E-state index contributed by atoms with van der Waals surface area (Å²) in [5, 5.41) is 6.46. The number of morpholine rings is 1. The Bertz CT molecular complexity index is 1450. The summed E-state index contributed by atoms with van der Waals surface area (Å²) >= 11 is 0. The molecule has 1 amide bonds. The second-order valence-electron chi connectivity index (χ2n) is 9.77. The average Bonchev–Trinajstić information content (AvgIpc) is 3.62. The fourth-order valence-electron chi connectivity index (χ4n) is 5.15. The number of imidazole rings is 1. The molecule has 210 valence electrons. The molecule has 1 unspecified atom stereocenters. The fraction of sp³-hybridized carbons (Fsp3) is 0.407. The molecule has 2 saturated heterocycles. The average molecular weight is 553 g/mol. The van der Waals surface area contributed by atoms with Crippen molar-refractivity contribution in [3.63, 3.8) is 0 Å². The van der Waals surface area contributed by atoms with Crippen LogP contribution in [0.25, 0.3) is 16.9 Å². The van der Waals surface area contributed by atoms with Gasteiger partial charge in [-0.15, -0.1) is 0 Å². The first kappa shape index (κ1) is 26.1. The quantitative estimate of drug-likeness (QED) is 0.457. The number of methoxy groups -OCH3 is 1. The van der Waals surface area contributed by atoms with Gasteiger partial charge in [0.1, 0.15) is 17.9 Å². The first-order valence-electron chi connectivity index (χ1n) is 13.2. The van der Waals surface area contributed by atoms with Crippen LogP contribution in [0.2, 0.25) is 0 Å². The van der Waals surface area contributed by atoms with Crippen molar-refractivity contribution in [3.05, 3.63) is 60.1 Å². The summed E-state index contributed by atoms with van der Waals surface area (Å²) in [5.41, 5.74) is 1.55. The molecule has 3 aromatic rings. The van der Waals surface area contributed by atoms with Crippen LogP contribution in [0.4, 0.5) is 20.5 Å². The number of likely N-dealkylation sites (tertiary alicyclic amines) is 1. The molecule has 2 fully saturated rings. The topological polar surface area (TPSA) is 110 Å². The number of aromatic nitrogens is 4. The fourth-order valence-corrected chi connectivity index (χ4v) is 5.15. The van der Waals surface area contributed by atoms with E-state index in [1.165, 1.54) is 4.57 Å². The van der Waals surface area contributed by atoms with Crippen LogP contribution in [-0.2, 0) is 14.3 Å². The van der Waals surface area contributed by atoms with Crippen molar-refractivity contribution in [2.24, 2.45) is 0 Å². The molecule has 11 nitrogen and oxygen atoms in total. The summed E-state index contributed by atoms with van der Waals surface area (Å²) in [5.74, 6) is 0.750. The van der Waals surface area contributed by atoms with Gasteiger partial charge in [-0.25, -0.2) is 13.8 Å². The third kappa shape index (κ3) is 5.21. The minimum atomic E-state index is -2.79. The molecule has 5 heterocycles. The summed E-state index contributed by atoms with van der Waals surface area (Å²) < 4.78 is 40.3. The molecular formula is C27H30F2N8O3. The maximum Gasteiger partial charge on any atom is 0.296 e. The minimum absolute atomic E-state index is 0.0774. The Balaban J connectivity index is 1.28. The van der Waals surface area contributed by atoms with Crippen molar-refractivity contribution in [1.29, 1.82) is 0 Å².